The average Bonchev–Trinajstić information content (AvgIpc) is 3.37. The minimum Gasteiger partial charge on any atom is -0.353 e. The summed E-state index contributed by atoms with van der Waals surface area (Å²) in [7, 11) is 2.11. The van der Waals surface area contributed by atoms with Gasteiger partial charge in [0.15, 0.2) is 0 Å². The highest BCUT2D eigenvalue weighted by molar-refractivity contribution is 5.54. The van der Waals surface area contributed by atoms with Gasteiger partial charge in [0.25, 0.3) is 0 Å². The van der Waals surface area contributed by atoms with Crippen molar-refractivity contribution in [2.24, 2.45) is 7.05 Å². The second kappa shape index (κ2) is 6.84. The monoisotopic (exact) mass is 336 g/mol. The highest BCUT2D eigenvalue weighted by atomic mass is 16.5. The normalized spacial score (nSPS) is 18.1. The van der Waals surface area contributed by atoms with Crippen LogP contribution in [0.5, 0.6) is 0 Å². The van der Waals surface area contributed by atoms with E-state index in [-0.39, 0.29) is 0 Å². The lowest BCUT2D eigenvalue weighted by molar-refractivity contribution is 0.207. The predicted octanol–water partition coefficient (Wildman–Crippen LogP) is 3.97. The number of aryl methyl sites for hydroxylation is 2. The Morgan fingerprint density at radius 2 is 2.04 bits per heavy atom. The molecule has 0 saturated carbocycles. The zero-order chi connectivity index (χ0) is 17.2. The lowest BCUT2D eigenvalue weighted by Gasteiger charge is -2.23. The lowest BCUT2D eigenvalue weighted by atomic mass is 10.1. The van der Waals surface area contributed by atoms with Crippen molar-refractivity contribution in [2.45, 2.75) is 38.8 Å². The zero-order valence-corrected chi connectivity index (χ0v) is 14.9. The molecule has 0 bridgehead atoms. The standard InChI is InChI=1S/C20H24N4O/c1-3-15-8-10-16(11-9-15)20-21-19(25-22-20)14-24-13-5-7-18(24)17-6-4-12-23(17)2/h4,6,8-12,18H,3,5,7,13-14H2,1-2H3/t18-/m0/s1. The van der Waals surface area contributed by atoms with Gasteiger partial charge in [-0.1, -0.05) is 36.3 Å². The Morgan fingerprint density at radius 3 is 2.76 bits per heavy atom. The first-order valence-electron chi connectivity index (χ1n) is 9.02. The third kappa shape index (κ3) is 3.24. The van der Waals surface area contributed by atoms with E-state index in [4.69, 9.17) is 4.52 Å². The van der Waals surface area contributed by atoms with Gasteiger partial charge in [-0.3, -0.25) is 4.90 Å². The summed E-state index contributed by atoms with van der Waals surface area (Å²) in [5.74, 6) is 1.36. The summed E-state index contributed by atoms with van der Waals surface area (Å²) >= 11 is 0. The maximum absolute atomic E-state index is 5.52. The fraction of sp³-hybridized carbons (Fsp3) is 0.400. The number of hydrogen-bond donors (Lipinski definition) is 0. The van der Waals surface area contributed by atoms with Gasteiger partial charge < -0.3 is 9.09 Å². The zero-order valence-electron chi connectivity index (χ0n) is 14.9. The Kier molecular flexibility index (Phi) is 4.40. The minimum atomic E-state index is 0.430. The molecule has 0 amide bonds. The first-order chi connectivity index (χ1) is 12.2. The van der Waals surface area contributed by atoms with Gasteiger partial charge in [-0.2, -0.15) is 4.98 Å². The smallest absolute Gasteiger partial charge is 0.241 e. The van der Waals surface area contributed by atoms with Crippen molar-refractivity contribution in [2.75, 3.05) is 6.54 Å². The predicted molar refractivity (Wildman–Crippen MR) is 96.9 cm³/mol. The van der Waals surface area contributed by atoms with E-state index in [2.05, 4.69) is 76.2 Å². The second-order valence-electron chi connectivity index (χ2n) is 6.73. The van der Waals surface area contributed by atoms with Gasteiger partial charge in [0.1, 0.15) is 0 Å². The molecule has 1 atom stereocenters. The fourth-order valence-electron chi connectivity index (χ4n) is 3.67. The summed E-state index contributed by atoms with van der Waals surface area (Å²) < 4.78 is 7.73. The maximum Gasteiger partial charge on any atom is 0.241 e. The Hall–Kier alpha value is -2.40. The summed E-state index contributed by atoms with van der Waals surface area (Å²) in [6.45, 7) is 3.93. The van der Waals surface area contributed by atoms with E-state index in [0.717, 1.165) is 18.5 Å². The van der Waals surface area contributed by atoms with E-state index < -0.39 is 0 Å². The average molecular weight is 336 g/mol. The molecule has 25 heavy (non-hydrogen) atoms. The SMILES string of the molecule is CCc1ccc(-c2noc(CN3CCC[C@H]3c3cccn3C)n2)cc1. The molecule has 0 spiro atoms. The molecular weight excluding hydrogens is 312 g/mol. The van der Waals surface area contributed by atoms with E-state index in [0.29, 0.717) is 24.3 Å². The van der Waals surface area contributed by atoms with Crippen LogP contribution in [0.3, 0.4) is 0 Å². The Labute approximate surface area is 148 Å². The van der Waals surface area contributed by atoms with Crippen molar-refractivity contribution >= 4 is 0 Å². The molecule has 1 aliphatic rings. The Morgan fingerprint density at radius 1 is 1.20 bits per heavy atom. The van der Waals surface area contributed by atoms with Crippen LogP contribution in [0, 0.1) is 0 Å². The van der Waals surface area contributed by atoms with Gasteiger partial charge in [0, 0.05) is 24.5 Å². The van der Waals surface area contributed by atoms with Crippen LogP contribution in [-0.4, -0.2) is 26.2 Å². The van der Waals surface area contributed by atoms with Gasteiger partial charge in [-0.05, 0) is 43.5 Å². The van der Waals surface area contributed by atoms with Crippen LogP contribution in [0.4, 0.5) is 0 Å². The molecule has 0 radical (unpaired) electrons. The molecule has 1 fully saturated rings. The van der Waals surface area contributed by atoms with Crippen molar-refractivity contribution < 1.29 is 4.52 Å². The number of hydrogen-bond acceptors (Lipinski definition) is 4. The molecule has 1 aromatic carbocycles. The van der Waals surface area contributed by atoms with E-state index in [1.54, 1.807) is 0 Å². The first-order valence-corrected chi connectivity index (χ1v) is 9.02. The quantitative estimate of drug-likeness (QED) is 0.707. The molecule has 0 aliphatic carbocycles. The summed E-state index contributed by atoms with van der Waals surface area (Å²) in [4.78, 5) is 7.05. The Bertz CT molecular complexity index is 834. The topological polar surface area (TPSA) is 47.1 Å². The highest BCUT2D eigenvalue weighted by Crippen LogP contribution is 2.33. The first kappa shape index (κ1) is 16.1. The van der Waals surface area contributed by atoms with Gasteiger partial charge in [0.05, 0.1) is 12.6 Å². The summed E-state index contributed by atoms with van der Waals surface area (Å²) in [6, 6.07) is 13.1. The van der Waals surface area contributed by atoms with Crippen molar-refractivity contribution in [3.63, 3.8) is 0 Å². The molecule has 1 aliphatic heterocycles. The van der Waals surface area contributed by atoms with Crippen LogP contribution < -0.4 is 0 Å². The van der Waals surface area contributed by atoms with Crippen molar-refractivity contribution in [1.82, 2.24) is 19.6 Å². The van der Waals surface area contributed by atoms with Crippen LogP contribution in [0.2, 0.25) is 0 Å². The third-order valence-corrected chi connectivity index (χ3v) is 5.12. The summed E-state index contributed by atoms with van der Waals surface area (Å²) in [5, 5.41) is 4.17. The summed E-state index contributed by atoms with van der Waals surface area (Å²) in [5.41, 5.74) is 3.68. The largest absolute Gasteiger partial charge is 0.353 e. The van der Waals surface area contributed by atoms with Crippen LogP contribution in [0.15, 0.2) is 47.1 Å². The number of nitrogens with zero attached hydrogens (tertiary/aromatic N) is 4. The molecule has 3 heterocycles. The lowest BCUT2D eigenvalue weighted by Crippen LogP contribution is -2.24. The molecule has 3 aromatic rings. The number of rotatable bonds is 5. The van der Waals surface area contributed by atoms with Crippen LogP contribution in [-0.2, 0) is 20.0 Å². The van der Waals surface area contributed by atoms with Gasteiger partial charge in [0.2, 0.25) is 11.7 Å². The Balaban J connectivity index is 1.49. The molecular formula is C20H24N4O. The molecule has 4 rings (SSSR count). The molecule has 1 saturated heterocycles. The van der Waals surface area contributed by atoms with Gasteiger partial charge in [-0.15, -0.1) is 0 Å². The minimum absolute atomic E-state index is 0.430. The summed E-state index contributed by atoms with van der Waals surface area (Å²) in [6.07, 6.45) is 5.52. The molecule has 5 heteroatoms. The van der Waals surface area contributed by atoms with Crippen molar-refractivity contribution in [3.05, 3.63) is 59.7 Å². The number of likely N-dealkylation sites (tertiary alicyclic amines) is 1. The number of aromatic nitrogens is 3. The fourth-order valence-corrected chi connectivity index (χ4v) is 3.67. The molecule has 0 N–H and O–H groups in total. The van der Waals surface area contributed by atoms with Crippen LogP contribution in [0.1, 0.15) is 43.0 Å². The molecule has 130 valence electrons. The van der Waals surface area contributed by atoms with E-state index in [1.165, 1.54) is 24.1 Å². The van der Waals surface area contributed by atoms with Crippen LogP contribution >= 0.6 is 0 Å². The molecule has 2 aromatic heterocycles. The van der Waals surface area contributed by atoms with Crippen LogP contribution in [0.25, 0.3) is 11.4 Å². The van der Waals surface area contributed by atoms with E-state index in [9.17, 15) is 0 Å². The molecule has 5 nitrogen and oxygen atoms in total. The molecule has 0 unspecified atom stereocenters. The van der Waals surface area contributed by atoms with Crippen molar-refractivity contribution in [1.29, 1.82) is 0 Å². The van der Waals surface area contributed by atoms with E-state index >= 15 is 0 Å². The third-order valence-electron chi connectivity index (χ3n) is 5.12. The van der Waals surface area contributed by atoms with Gasteiger partial charge >= 0.3 is 0 Å². The second-order valence-corrected chi connectivity index (χ2v) is 6.73. The number of benzene rings is 1. The van der Waals surface area contributed by atoms with Crippen molar-refractivity contribution in [3.8, 4) is 11.4 Å². The maximum atomic E-state index is 5.52. The van der Waals surface area contributed by atoms with Gasteiger partial charge in [-0.25, -0.2) is 0 Å². The highest BCUT2D eigenvalue weighted by Gasteiger charge is 2.29. The van der Waals surface area contributed by atoms with E-state index in [1.807, 2.05) is 0 Å².